The van der Waals surface area contributed by atoms with E-state index in [4.69, 9.17) is 4.74 Å². The smallest absolute Gasteiger partial charge is 0.283 e. The number of benzene rings is 1. The van der Waals surface area contributed by atoms with Crippen LogP contribution >= 0.6 is 0 Å². The largest absolute Gasteiger partial charge is 0.480 e. The molecule has 1 atom stereocenters. The maximum absolute atomic E-state index is 12.6. The summed E-state index contributed by atoms with van der Waals surface area (Å²) in [6, 6.07) is 4.32. The molecule has 7 heteroatoms. The lowest BCUT2D eigenvalue weighted by molar-refractivity contribution is -0.385. The first kappa shape index (κ1) is 18.9. The predicted molar refractivity (Wildman–Crippen MR) is 92.8 cm³/mol. The highest BCUT2D eigenvalue weighted by Gasteiger charge is 2.26. The van der Waals surface area contributed by atoms with Crippen LogP contribution in [0.25, 0.3) is 0 Å². The number of amides is 1. The second-order valence-corrected chi connectivity index (χ2v) is 6.30. The van der Waals surface area contributed by atoms with Crippen molar-refractivity contribution in [2.45, 2.75) is 64.0 Å². The van der Waals surface area contributed by atoms with Crippen LogP contribution in [0.5, 0.6) is 5.75 Å². The van der Waals surface area contributed by atoms with E-state index in [1.165, 1.54) is 24.6 Å². The van der Waals surface area contributed by atoms with E-state index in [2.05, 4.69) is 5.32 Å². The van der Waals surface area contributed by atoms with Crippen molar-refractivity contribution in [2.24, 2.45) is 0 Å². The van der Waals surface area contributed by atoms with Crippen LogP contribution in [-0.2, 0) is 4.79 Å². The Labute approximate surface area is 146 Å². The topological polar surface area (TPSA) is 98.5 Å². The third kappa shape index (κ3) is 5.01. The summed E-state index contributed by atoms with van der Waals surface area (Å²) in [6.45, 7) is 1.93. The minimum Gasteiger partial charge on any atom is -0.480 e. The van der Waals surface area contributed by atoms with E-state index in [9.17, 15) is 19.7 Å². The van der Waals surface area contributed by atoms with Gasteiger partial charge in [-0.25, -0.2) is 0 Å². The van der Waals surface area contributed by atoms with Gasteiger partial charge in [-0.05, 0) is 25.3 Å². The van der Waals surface area contributed by atoms with Crippen molar-refractivity contribution in [1.29, 1.82) is 0 Å². The van der Waals surface area contributed by atoms with Crippen LogP contribution in [0.2, 0.25) is 0 Å². The van der Waals surface area contributed by atoms with Gasteiger partial charge in [0.05, 0.1) is 4.92 Å². The number of aldehydes is 1. The first-order chi connectivity index (χ1) is 12.1. The lowest BCUT2D eigenvalue weighted by Crippen LogP contribution is -2.44. The van der Waals surface area contributed by atoms with Crippen molar-refractivity contribution < 1.29 is 19.2 Å². The highest BCUT2D eigenvalue weighted by molar-refractivity contribution is 5.86. The second-order valence-electron chi connectivity index (χ2n) is 6.30. The second kappa shape index (κ2) is 9.15. The molecule has 7 nitrogen and oxygen atoms in total. The quantitative estimate of drug-likeness (QED) is 0.441. The van der Waals surface area contributed by atoms with Gasteiger partial charge in [0.25, 0.3) is 11.6 Å². The Bertz CT molecular complexity index is 626. The summed E-state index contributed by atoms with van der Waals surface area (Å²) < 4.78 is 5.72. The number of hydrogen-bond donors (Lipinski definition) is 1. The number of nitrogens with one attached hydrogen (secondary N) is 1. The van der Waals surface area contributed by atoms with Gasteiger partial charge in [0.1, 0.15) is 11.3 Å². The van der Waals surface area contributed by atoms with Gasteiger partial charge in [-0.2, -0.15) is 0 Å². The van der Waals surface area contributed by atoms with Crippen molar-refractivity contribution in [3.05, 3.63) is 33.9 Å². The molecule has 1 unspecified atom stereocenters. The molecular formula is C18H24N2O5. The highest BCUT2D eigenvalue weighted by Crippen LogP contribution is 2.28. The van der Waals surface area contributed by atoms with Crippen LogP contribution in [0.4, 0.5) is 5.69 Å². The summed E-state index contributed by atoms with van der Waals surface area (Å²) in [5, 5.41) is 14.1. The molecule has 0 saturated heterocycles. The summed E-state index contributed by atoms with van der Waals surface area (Å²) in [5.74, 6) is -0.154. The number of nitrogens with zero attached hydrogens (tertiary/aromatic N) is 1. The zero-order chi connectivity index (χ0) is 18.2. The molecule has 1 N–H and O–H groups in total. The third-order valence-electron chi connectivity index (χ3n) is 4.42. The van der Waals surface area contributed by atoms with E-state index in [1.54, 1.807) is 0 Å². The fourth-order valence-electron chi connectivity index (χ4n) is 3.11. The molecule has 1 aromatic rings. The fraction of sp³-hybridized carbons (Fsp3) is 0.556. The van der Waals surface area contributed by atoms with Crippen LogP contribution in [0.3, 0.4) is 0 Å². The highest BCUT2D eigenvalue weighted by atomic mass is 16.6. The lowest BCUT2D eigenvalue weighted by Gasteiger charge is -2.26. The van der Waals surface area contributed by atoms with Gasteiger partial charge in [0.15, 0.2) is 12.4 Å². The molecule has 2 rings (SSSR count). The molecule has 1 fully saturated rings. The number of ether oxygens (including phenoxy) is 1. The first-order valence-electron chi connectivity index (χ1n) is 8.76. The molecule has 0 spiro atoms. The average Bonchev–Trinajstić information content (AvgIpc) is 2.61. The summed E-state index contributed by atoms with van der Waals surface area (Å²) in [6.07, 6.45) is 6.13. The van der Waals surface area contributed by atoms with Crippen LogP contribution in [0.1, 0.15) is 62.2 Å². The van der Waals surface area contributed by atoms with Crippen molar-refractivity contribution in [2.75, 3.05) is 0 Å². The number of nitro benzene ring substituents is 1. The molecular weight excluding hydrogens is 324 g/mol. The van der Waals surface area contributed by atoms with E-state index in [-0.39, 0.29) is 28.9 Å². The maximum Gasteiger partial charge on any atom is 0.283 e. The molecule has 25 heavy (non-hydrogen) atoms. The molecule has 1 aliphatic rings. The van der Waals surface area contributed by atoms with Gasteiger partial charge in [-0.3, -0.25) is 19.7 Å². The van der Waals surface area contributed by atoms with E-state index >= 15 is 0 Å². The molecule has 1 aromatic carbocycles. The zero-order valence-corrected chi connectivity index (χ0v) is 14.4. The molecule has 0 radical (unpaired) electrons. The summed E-state index contributed by atoms with van der Waals surface area (Å²) >= 11 is 0. The molecule has 1 amide bonds. The van der Waals surface area contributed by atoms with E-state index in [1.807, 2.05) is 6.92 Å². The van der Waals surface area contributed by atoms with Gasteiger partial charge >= 0.3 is 0 Å². The molecule has 136 valence electrons. The number of rotatable bonds is 8. The predicted octanol–water partition coefficient (Wildman–Crippen LogP) is 3.40. The van der Waals surface area contributed by atoms with E-state index < -0.39 is 11.0 Å². The normalized spacial score (nSPS) is 16.0. The van der Waals surface area contributed by atoms with Crippen molar-refractivity contribution >= 4 is 17.9 Å². The van der Waals surface area contributed by atoms with E-state index in [0.29, 0.717) is 19.1 Å². The SMILES string of the molecule is CCCC(Oc1cccc([N+](=O)[O-])c1C=O)C(=O)NC1CCCCC1. The average molecular weight is 348 g/mol. The van der Waals surface area contributed by atoms with Crippen LogP contribution < -0.4 is 10.1 Å². The minimum atomic E-state index is -0.771. The maximum atomic E-state index is 12.6. The van der Waals surface area contributed by atoms with Crippen LogP contribution in [-0.4, -0.2) is 29.3 Å². The van der Waals surface area contributed by atoms with Gasteiger partial charge in [-0.15, -0.1) is 0 Å². The van der Waals surface area contributed by atoms with E-state index in [0.717, 1.165) is 25.7 Å². The number of nitro groups is 1. The van der Waals surface area contributed by atoms with Crippen molar-refractivity contribution in [3.8, 4) is 5.75 Å². The number of hydrogen-bond acceptors (Lipinski definition) is 5. The minimum absolute atomic E-state index is 0.0708. The van der Waals surface area contributed by atoms with Crippen molar-refractivity contribution in [1.82, 2.24) is 5.32 Å². The number of carbonyl (C=O) groups is 2. The van der Waals surface area contributed by atoms with Gasteiger partial charge < -0.3 is 10.1 Å². The number of carbonyl (C=O) groups excluding carboxylic acids is 2. The molecule has 1 saturated carbocycles. The summed E-state index contributed by atoms with van der Waals surface area (Å²) in [7, 11) is 0. The monoisotopic (exact) mass is 348 g/mol. The standard InChI is InChI=1S/C18H24N2O5/c1-2-7-17(18(22)19-13-8-4-3-5-9-13)25-16-11-6-10-15(20(23)24)14(16)12-21/h6,10-13,17H,2-5,7-9H2,1H3,(H,19,22). The Morgan fingerprint density at radius 1 is 1.40 bits per heavy atom. The Kier molecular flexibility index (Phi) is 6.91. The van der Waals surface area contributed by atoms with Gasteiger partial charge in [-0.1, -0.05) is 38.7 Å². The fourth-order valence-corrected chi connectivity index (χ4v) is 3.11. The molecule has 1 aliphatic carbocycles. The zero-order valence-electron chi connectivity index (χ0n) is 14.4. The summed E-state index contributed by atoms with van der Waals surface area (Å²) in [5.41, 5.74) is -0.463. The molecule has 0 aromatic heterocycles. The van der Waals surface area contributed by atoms with Crippen molar-refractivity contribution in [3.63, 3.8) is 0 Å². The first-order valence-corrected chi connectivity index (χ1v) is 8.76. The Balaban J connectivity index is 2.15. The van der Waals surface area contributed by atoms with Crippen LogP contribution in [0.15, 0.2) is 18.2 Å². The third-order valence-corrected chi connectivity index (χ3v) is 4.42. The Morgan fingerprint density at radius 2 is 2.12 bits per heavy atom. The Morgan fingerprint density at radius 3 is 2.72 bits per heavy atom. The van der Waals surface area contributed by atoms with Crippen LogP contribution in [0, 0.1) is 10.1 Å². The summed E-state index contributed by atoms with van der Waals surface area (Å²) in [4.78, 5) is 34.3. The molecule has 0 bridgehead atoms. The van der Waals surface area contributed by atoms with Gasteiger partial charge in [0, 0.05) is 12.1 Å². The Hall–Kier alpha value is -2.44. The molecule has 0 heterocycles. The lowest BCUT2D eigenvalue weighted by atomic mass is 9.95. The van der Waals surface area contributed by atoms with Gasteiger partial charge in [0.2, 0.25) is 0 Å². The molecule has 0 aliphatic heterocycles.